The Bertz CT molecular complexity index is 1370. The molecule has 0 spiro atoms. The normalized spacial score (nSPS) is 16.0. The van der Waals surface area contributed by atoms with E-state index in [9.17, 15) is 10.1 Å². The number of anilines is 1. The maximum absolute atomic E-state index is 11.7. The predicted octanol–water partition coefficient (Wildman–Crippen LogP) is 3.69. The Hall–Kier alpha value is -3.92. The molecule has 1 unspecified atom stereocenters. The third-order valence-corrected chi connectivity index (χ3v) is 5.97. The van der Waals surface area contributed by atoms with Gasteiger partial charge in [0, 0.05) is 56.1 Å². The van der Waals surface area contributed by atoms with Gasteiger partial charge >= 0.3 is 0 Å². The fraction of sp³-hybridized carbons (Fsp3) is 0.250. The number of aromatic nitrogens is 3. The fourth-order valence-corrected chi connectivity index (χ4v) is 4.30. The molecular formula is C24H22N6O. The Morgan fingerprint density at radius 2 is 2.13 bits per heavy atom. The molecule has 1 aliphatic heterocycles. The summed E-state index contributed by atoms with van der Waals surface area (Å²) in [7, 11) is 2.02. The number of nitriles is 1. The molecule has 3 heterocycles. The van der Waals surface area contributed by atoms with Gasteiger partial charge < -0.3 is 14.8 Å². The van der Waals surface area contributed by atoms with E-state index >= 15 is 0 Å². The maximum atomic E-state index is 11.7. The highest BCUT2D eigenvalue weighted by molar-refractivity contribution is 5.97. The van der Waals surface area contributed by atoms with Gasteiger partial charge in [0.25, 0.3) is 0 Å². The number of amides is 1. The number of benzene rings is 2. The first-order valence-corrected chi connectivity index (χ1v) is 10.3. The average Bonchev–Trinajstić information content (AvgIpc) is 3.39. The average molecular weight is 410 g/mol. The highest BCUT2D eigenvalue weighted by Gasteiger charge is 2.24. The van der Waals surface area contributed by atoms with Crippen molar-refractivity contribution in [3.05, 3.63) is 54.5 Å². The molecule has 4 aromatic rings. The zero-order valence-corrected chi connectivity index (χ0v) is 17.5. The van der Waals surface area contributed by atoms with Crippen molar-refractivity contribution >= 4 is 33.5 Å². The van der Waals surface area contributed by atoms with Gasteiger partial charge in [0.1, 0.15) is 6.07 Å². The van der Waals surface area contributed by atoms with Crippen molar-refractivity contribution in [3.8, 4) is 17.2 Å². The van der Waals surface area contributed by atoms with E-state index in [4.69, 9.17) is 0 Å². The fourth-order valence-electron chi connectivity index (χ4n) is 4.30. The lowest BCUT2D eigenvalue weighted by molar-refractivity contribution is -0.127. The molecule has 2 aromatic carbocycles. The summed E-state index contributed by atoms with van der Waals surface area (Å²) in [6, 6.07) is 14.7. The van der Waals surface area contributed by atoms with Gasteiger partial charge in [-0.3, -0.25) is 9.78 Å². The lowest BCUT2D eigenvalue weighted by Gasteiger charge is -2.17. The third kappa shape index (κ3) is 3.46. The highest BCUT2D eigenvalue weighted by Crippen LogP contribution is 2.33. The molecule has 7 heteroatoms. The van der Waals surface area contributed by atoms with E-state index in [1.807, 2.05) is 24.2 Å². The molecule has 0 aliphatic carbocycles. The molecule has 1 aliphatic rings. The second kappa shape index (κ2) is 7.40. The Balaban J connectivity index is 1.61. The number of nitrogens with one attached hydrogen (secondary N) is 1. The van der Waals surface area contributed by atoms with Crippen molar-refractivity contribution < 1.29 is 4.79 Å². The summed E-state index contributed by atoms with van der Waals surface area (Å²) < 4.78 is 2.09. The summed E-state index contributed by atoms with van der Waals surface area (Å²) in [6.45, 7) is 3.07. The Kier molecular flexibility index (Phi) is 4.55. The summed E-state index contributed by atoms with van der Waals surface area (Å²) in [6.07, 6.45) is 4.45. The lowest BCUT2D eigenvalue weighted by atomic mass is 10.0. The smallest absolute Gasteiger partial charge is 0.219 e. The van der Waals surface area contributed by atoms with E-state index in [-0.39, 0.29) is 11.9 Å². The van der Waals surface area contributed by atoms with Crippen LogP contribution in [0.25, 0.3) is 33.1 Å². The van der Waals surface area contributed by atoms with Gasteiger partial charge in [0.15, 0.2) is 5.69 Å². The van der Waals surface area contributed by atoms with Crippen LogP contribution in [0.1, 0.15) is 19.0 Å². The van der Waals surface area contributed by atoms with Crippen molar-refractivity contribution in [1.82, 2.24) is 19.4 Å². The van der Waals surface area contributed by atoms with Crippen molar-refractivity contribution in [2.45, 2.75) is 19.4 Å². The van der Waals surface area contributed by atoms with Gasteiger partial charge in [0.2, 0.25) is 5.91 Å². The molecule has 7 nitrogen and oxygen atoms in total. The number of nitrogens with zero attached hydrogens (tertiary/aromatic N) is 5. The number of carbonyl (C=O) groups excluding carboxylic acids is 1. The number of fused-ring (bicyclic) bond motifs is 2. The summed E-state index contributed by atoms with van der Waals surface area (Å²) in [5.74, 6) is 0.106. The van der Waals surface area contributed by atoms with Crippen LogP contribution in [0.3, 0.4) is 0 Å². The third-order valence-electron chi connectivity index (χ3n) is 5.97. The molecule has 1 atom stereocenters. The zero-order chi connectivity index (χ0) is 21.5. The van der Waals surface area contributed by atoms with Crippen LogP contribution >= 0.6 is 0 Å². The molecule has 0 saturated carbocycles. The number of carbonyl (C=O) groups is 1. The Labute approximate surface area is 179 Å². The first kappa shape index (κ1) is 19.1. The van der Waals surface area contributed by atoms with Crippen molar-refractivity contribution in [2.75, 3.05) is 18.4 Å². The van der Waals surface area contributed by atoms with Gasteiger partial charge in [-0.05, 0) is 41.6 Å². The largest absolute Gasteiger partial charge is 0.380 e. The molecule has 31 heavy (non-hydrogen) atoms. The quantitative estimate of drug-likeness (QED) is 0.557. The highest BCUT2D eigenvalue weighted by atomic mass is 16.2. The molecule has 1 amide bonds. The Morgan fingerprint density at radius 1 is 1.26 bits per heavy atom. The summed E-state index contributed by atoms with van der Waals surface area (Å²) >= 11 is 0. The van der Waals surface area contributed by atoms with Gasteiger partial charge in [0.05, 0.1) is 17.2 Å². The van der Waals surface area contributed by atoms with Crippen LogP contribution in [0.4, 0.5) is 5.69 Å². The van der Waals surface area contributed by atoms with Crippen LogP contribution in [-0.2, 0) is 11.8 Å². The van der Waals surface area contributed by atoms with E-state index in [1.165, 1.54) is 11.6 Å². The van der Waals surface area contributed by atoms with Crippen molar-refractivity contribution in [3.63, 3.8) is 0 Å². The summed E-state index contributed by atoms with van der Waals surface area (Å²) in [5, 5.41) is 14.1. The standard InChI is InChI=1S/C24H22N6O/c1-15(31)30-8-6-18(14-30)27-19-10-21(24-22(11-19)26-13-20(12-25)28-24)17-4-3-16-5-7-29(2)23(16)9-17/h3-5,7,9-11,13,18,27H,6,8,14H2,1-2H3. The molecule has 0 bridgehead atoms. The molecule has 1 N–H and O–H groups in total. The molecule has 1 fully saturated rings. The van der Waals surface area contributed by atoms with E-state index in [2.05, 4.69) is 56.3 Å². The second-order valence-corrected chi connectivity index (χ2v) is 8.05. The monoisotopic (exact) mass is 410 g/mol. The van der Waals surface area contributed by atoms with Gasteiger partial charge in [-0.2, -0.15) is 5.26 Å². The zero-order valence-electron chi connectivity index (χ0n) is 17.5. The SMILES string of the molecule is CC(=O)N1CCC(Nc2cc(-c3ccc4ccn(C)c4c3)c3nc(C#N)cnc3c2)C1. The number of aryl methyl sites for hydroxylation is 1. The first-order valence-electron chi connectivity index (χ1n) is 10.3. The van der Waals surface area contributed by atoms with Crippen LogP contribution in [0.15, 0.2) is 48.8 Å². The molecule has 1 saturated heterocycles. The van der Waals surface area contributed by atoms with Gasteiger partial charge in [-0.25, -0.2) is 4.98 Å². The topological polar surface area (TPSA) is 86.8 Å². The van der Waals surface area contributed by atoms with Crippen molar-refractivity contribution in [1.29, 1.82) is 5.26 Å². The number of rotatable bonds is 3. The lowest BCUT2D eigenvalue weighted by Crippen LogP contribution is -2.29. The van der Waals surface area contributed by atoms with Crippen LogP contribution in [0.5, 0.6) is 0 Å². The van der Waals surface area contributed by atoms with E-state index in [0.29, 0.717) is 17.8 Å². The summed E-state index contributed by atoms with van der Waals surface area (Å²) in [4.78, 5) is 22.6. The number of likely N-dealkylation sites (tertiary alicyclic amines) is 1. The van der Waals surface area contributed by atoms with Crippen LogP contribution < -0.4 is 5.32 Å². The second-order valence-electron chi connectivity index (χ2n) is 8.05. The van der Waals surface area contributed by atoms with Crippen LogP contribution in [-0.4, -0.2) is 44.5 Å². The minimum Gasteiger partial charge on any atom is -0.380 e. The van der Waals surface area contributed by atoms with Crippen LogP contribution in [0, 0.1) is 11.3 Å². The molecular weight excluding hydrogens is 388 g/mol. The number of hydrogen-bond acceptors (Lipinski definition) is 5. The van der Waals surface area contributed by atoms with Gasteiger partial charge in [-0.15, -0.1) is 0 Å². The first-order chi connectivity index (χ1) is 15.0. The number of hydrogen-bond donors (Lipinski definition) is 1. The minimum atomic E-state index is 0.106. The molecule has 5 rings (SSSR count). The molecule has 154 valence electrons. The summed E-state index contributed by atoms with van der Waals surface area (Å²) in [5.41, 5.74) is 5.73. The maximum Gasteiger partial charge on any atom is 0.219 e. The van der Waals surface area contributed by atoms with E-state index < -0.39 is 0 Å². The van der Waals surface area contributed by atoms with Crippen LogP contribution in [0.2, 0.25) is 0 Å². The van der Waals surface area contributed by atoms with E-state index in [1.54, 1.807) is 6.92 Å². The Morgan fingerprint density at radius 3 is 2.90 bits per heavy atom. The van der Waals surface area contributed by atoms with Crippen molar-refractivity contribution in [2.24, 2.45) is 7.05 Å². The van der Waals surface area contributed by atoms with E-state index in [0.717, 1.165) is 40.8 Å². The molecule has 0 radical (unpaired) electrons. The predicted molar refractivity (Wildman–Crippen MR) is 120 cm³/mol. The van der Waals surface area contributed by atoms with Gasteiger partial charge in [-0.1, -0.05) is 12.1 Å². The minimum absolute atomic E-state index is 0.106. The molecule has 2 aromatic heterocycles.